The van der Waals surface area contributed by atoms with E-state index in [0.717, 1.165) is 83.5 Å². The second-order valence-electron chi connectivity index (χ2n) is 18.8. The smallest absolute Gasteiger partial charge is 0.306 e. The molecule has 0 fully saturated rings. The average molecular weight is 936 g/mol. The molecular formula is C61H106O6. The predicted molar refractivity (Wildman–Crippen MR) is 288 cm³/mol. The number of esters is 3. The van der Waals surface area contributed by atoms with Crippen LogP contribution in [-0.4, -0.2) is 37.2 Å². The van der Waals surface area contributed by atoms with Crippen LogP contribution in [0, 0.1) is 0 Å². The van der Waals surface area contributed by atoms with Crippen molar-refractivity contribution in [2.24, 2.45) is 0 Å². The minimum atomic E-state index is -0.800. The third-order valence-electron chi connectivity index (χ3n) is 12.2. The second-order valence-corrected chi connectivity index (χ2v) is 18.8. The van der Waals surface area contributed by atoms with Gasteiger partial charge >= 0.3 is 17.9 Å². The first-order chi connectivity index (χ1) is 33.0. The monoisotopic (exact) mass is 935 g/mol. The predicted octanol–water partition coefficient (Wildman–Crippen LogP) is 19.0. The van der Waals surface area contributed by atoms with Gasteiger partial charge in [0.2, 0.25) is 0 Å². The van der Waals surface area contributed by atoms with Crippen LogP contribution >= 0.6 is 0 Å². The van der Waals surface area contributed by atoms with Crippen molar-refractivity contribution in [1.29, 1.82) is 0 Å². The Morgan fingerprint density at radius 1 is 0.313 bits per heavy atom. The van der Waals surface area contributed by atoms with Gasteiger partial charge in [-0.3, -0.25) is 14.4 Å². The molecule has 0 bridgehead atoms. The van der Waals surface area contributed by atoms with E-state index in [1.165, 1.54) is 148 Å². The molecule has 0 radical (unpaired) electrons. The summed E-state index contributed by atoms with van der Waals surface area (Å²) in [5.74, 6) is -0.954. The minimum Gasteiger partial charge on any atom is -0.462 e. The average Bonchev–Trinajstić information content (AvgIpc) is 3.33. The van der Waals surface area contributed by atoms with E-state index in [2.05, 4.69) is 93.7 Å². The third kappa shape index (κ3) is 53.7. The Morgan fingerprint density at radius 2 is 0.597 bits per heavy atom. The molecule has 386 valence electrons. The highest BCUT2D eigenvalue weighted by Gasteiger charge is 2.19. The van der Waals surface area contributed by atoms with Crippen LogP contribution in [0.3, 0.4) is 0 Å². The normalized spacial score (nSPS) is 12.6. The van der Waals surface area contributed by atoms with Gasteiger partial charge in [-0.05, 0) is 83.5 Å². The Balaban J connectivity index is 4.46. The maximum atomic E-state index is 12.9. The standard InChI is InChI=1S/C61H106O6/c1-4-7-10-13-16-19-22-25-28-30-33-36-39-42-45-48-51-54-60(63)66-57-58(56-65-59(62)53-50-47-44-41-38-35-32-27-24-21-18-15-12-9-6-3)67-61(64)55-52-49-46-43-40-37-34-31-29-26-23-20-17-14-11-8-5-2/h7,10,16,19,25,27-28,32-33,36,42,45,58H,4-6,8-9,11-15,17-18,20-24,26,29-31,34-35,37-41,43-44,46-57H2,1-3H3/b10-7-,19-16-,28-25-,32-27-,36-33-,45-42-. The maximum absolute atomic E-state index is 12.9. The first-order valence-electron chi connectivity index (χ1n) is 28.4. The van der Waals surface area contributed by atoms with Crippen LogP contribution in [0.4, 0.5) is 0 Å². The molecule has 0 aliphatic heterocycles. The van der Waals surface area contributed by atoms with Crippen LogP contribution in [0.2, 0.25) is 0 Å². The number of hydrogen-bond acceptors (Lipinski definition) is 6. The molecule has 0 heterocycles. The zero-order valence-corrected chi connectivity index (χ0v) is 44.2. The van der Waals surface area contributed by atoms with Gasteiger partial charge in [0, 0.05) is 19.3 Å². The van der Waals surface area contributed by atoms with Gasteiger partial charge in [0.1, 0.15) is 13.2 Å². The molecule has 1 atom stereocenters. The summed E-state index contributed by atoms with van der Waals surface area (Å²) in [6.07, 6.45) is 70.4. The Morgan fingerprint density at radius 3 is 0.985 bits per heavy atom. The molecule has 1 unspecified atom stereocenters. The first kappa shape index (κ1) is 63.8. The molecule has 6 nitrogen and oxygen atoms in total. The molecule has 0 rings (SSSR count). The van der Waals surface area contributed by atoms with Crippen molar-refractivity contribution in [3.05, 3.63) is 72.9 Å². The fourth-order valence-corrected chi connectivity index (χ4v) is 7.94. The van der Waals surface area contributed by atoms with E-state index in [1.807, 2.05) is 0 Å². The van der Waals surface area contributed by atoms with Crippen LogP contribution in [0.25, 0.3) is 0 Å². The summed E-state index contributed by atoms with van der Waals surface area (Å²) in [5, 5.41) is 0. The minimum absolute atomic E-state index is 0.0952. The van der Waals surface area contributed by atoms with Gasteiger partial charge in [0.05, 0.1) is 0 Å². The molecule has 6 heteroatoms. The molecule has 0 spiro atoms. The number of ether oxygens (including phenoxy) is 3. The molecule has 0 saturated heterocycles. The van der Waals surface area contributed by atoms with Crippen molar-refractivity contribution in [1.82, 2.24) is 0 Å². The summed E-state index contributed by atoms with van der Waals surface area (Å²) >= 11 is 0. The van der Waals surface area contributed by atoms with Crippen LogP contribution in [0.5, 0.6) is 0 Å². The lowest BCUT2D eigenvalue weighted by Gasteiger charge is -2.18. The highest BCUT2D eigenvalue weighted by atomic mass is 16.6. The van der Waals surface area contributed by atoms with Gasteiger partial charge in [0.25, 0.3) is 0 Å². The van der Waals surface area contributed by atoms with E-state index in [0.29, 0.717) is 19.3 Å². The van der Waals surface area contributed by atoms with Crippen LogP contribution in [-0.2, 0) is 28.6 Å². The lowest BCUT2D eigenvalue weighted by Crippen LogP contribution is -2.30. The SMILES string of the molecule is CC/C=C\C/C=C\C/C=C\C/C=C\C/C=C\CCCC(=O)OCC(COC(=O)CCCCCCC/C=C\CCCCCCCC)OC(=O)CCCCCCCCCCCCCCCCCCC. The highest BCUT2D eigenvalue weighted by Crippen LogP contribution is 2.16. The van der Waals surface area contributed by atoms with E-state index in [1.54, 1.807) is 0 Å². The van der Waals surface area contributed by atoms with Crippen LogP contribution < -0.4 is 0 Å². The Kier molecular flexibility index (Phi) is 52.8. The molecule has 0 aromatic rings. The Labute approximate surface area is 414 Å². The van der Waals surface area contributed by atoms with E-state index in [9.17, 15) is 14.4 Å². The van der Waals surface area contributed by atoms with Gasteiger partial charge in [-0.1, -0.05) is 248 Å². The summed E-state index contributed by atoms with van der Waals surface area (Å²) in [6, 6.07) is 0. The quantitative estimate of drug-likeness (QED) is 0.0262. The summed E-state index contributed by atoms with van der Waals surface area (Å²) in [5.41, 5.74) is 0. The zero-order chi connectivity index (χ0) is 48.6. The molecule has 0 aromatic heterocycles. The fraction of sp³-hybridized carbons (Fsp3) is 0.754. The summed E-state index contributed by atoms with van der Waals surface area (Å²) in [4.78, 5) is 38.1. The van der Waals surface area contributed by atoms with Crippen molar-refractivity contribution in [3.8, 4) is 0 Å². The second kappa shape index (κ2) is 55.4. The molecule has 0 amide bonds. The van der Waals surface area contributed by atoms with Crippen LogP contribution in [0.1, 0.15) is 278 Å². The molecule has 0 aliphatic rings. The van der Waals surface area contributed by atoms with Gasteiger partial charge in [0.15, 0.2) is 6.10 Å². The number of carbonyl (C=O) groups is 3. The zero-order valence-electron chi connectivity index (χ0n) is 44.2. The molecule has 0 N–H and O–H groups in total. The number of allylic oxidation sites excluding steroid dienone is 12. The topological polar surface area (TPSA) is 78.9 Å². The third-order valence-corrected chi connectivity index (χ3v) is 12.2. The fourth-order valence-electron chi connectivity index (χ4n) is 7.94. The summed E-state index contributed by atoms with van der Waals surface area (Å²) < 4.78 is 16.8. The lowest BCUT2D eigenvalue weighted by molar-refractivity contribution is -0.167. The molecular weight excluding hydrogens is 829 g/mol. The van der Waals surface area contributed by atoms with Gasteiger partial charge < -0.3 is 14.2 Å². The lowest BCUT2D eigenvalue weighted by atomic mass is 10.0. The van der Waals surface area contributed by atoms with E-state index < -0.39 is 6.10 Å². The Bertz CT molecular complexity index is 1260. The largest absolute Gasteiger partial charge is 0.462 e. The van der Waals surface area contributed by atoms with Crippen molar-refractivity contribution >= 4 is 17.9 Å². The summed E-state index contributed by atoms with van der Waals surface area (Å²) in [6.45, 7) is 6.49. The van der Waals surface area contributed by atoms with E-state index in [-0.39, 0.29) is 37.5 Å². The molecule has 0 saturated carbocycles. The van der Waals surface area contributed by atoms with Crippen molar-refractivity contribution in [2.45, 2.75) is 284 Å². The number of hydrogen-bond donors (Lipinski definition) is 0. The van der Waals surface area contributed by atoms with Crippen molar-refractivity contribution < 1.29 is 28.6 Å². The van der Waals surface area contributed by atoms with Gasteiger partial charge in [-0.2, -0.15) is 0 Å². The van der Waals surface area contributed by atoms with Crippen molar-refractivity contribution in [2.75, 3.05) is 13.2 Å². The van der Waals surface area contributed by atoms with Gasteiger partial charge in [-0.25, -0.2) is 0 Å². The molecule has 67 heavy (non-hydrogen) atoms. The molecule has 0 aliphatic carbocycles. The number of carbonyl (C=O) groups excluding carboxylic acids is 3. The van der Waals surface area contributed by atoms with E-state index >= 15 is 0 Å². The maximum Gasteiger partial charge on any atom is 0.306 e. The molecule has 0 aromatic carbocycles. The van der Waals surface area contributed by atoms with Crippen LogP contribution in [0.15, 0.2) is 72.9 Å². The highest BCUT2D eigenvalue weighted by molar-refractivity contribution is 5.71. The van der Waals surface area contributed by atoms with Gasteiger partial charge in [-0.15, -0.1) is 0 Å². The summed E-state index contributed by atoms with van der Waals surface area (Å²) in [7, 11) is 0. The van der Waals surface area contributed by atoms with E-state index in [4.69, 9.17) is 14.2 Å². The Hall–Kier alpha value is -3.15. The number of unbranched alkanes of at least 4 members (excludes halogenated alkanes) is 28. The van der Waals surface area contributed by atoms with Crippen molar-refractivity contribution in [3.63, 3.8) is 0 Å². The number of rotatable bonds is 51. The first-order valence-corrected chi connectivity index (χ1v) is 28.4.